The van der Waals surface area contributed by atoms with Crippen LogP contribution in [0.5, 0.6) is 0 Å². The van der Waals surface area contributed by atoms with Gasteiger partial charge in [0.25, 0.3) is 11.8 Å². The third-order valence-electron chi connectivity index (χ3n) is 3.70. The third kappa shape index (κ3) is 3.83. The van der Waals surface area contributed by atoms with Gasteiger partial charge in [-0.15, -0.1) is 0 Å². The van der Waals surface area contributed by atoms with Crippen LogP contribution in [0.1, 0.15) is 26.4 Å². The Morgan fingerprint density at radius 1 is 1.22 bits per heavy atom. The number of aromatic nitrogens is 3. The van der Waals surface area contributed by atoms with Gasteiger partial charge in [0.2, 0.25) is 0 Å². The summed E-state index contributed by atoms with van der Waals surface area (Å²) in [6, 6.07) is 8.02. The predicted molar refractivity (Wildman–Crippen MR) is 107 cm³/mol. The first kappa shape index (κ1) is 19.3. The lowest BCUT2D eigenvalue weighted by molar-refractivity contribution is 0.100. The molecule has 0 unspecified atom stereocenters. The van der Waals surface area contributed by atoms with Gasteiger partial charge >= 0.3 is 0 Å². The van der Waals surface area contributed by atoms with Crippen LogP contribution in [0.25, 0.3) is 5.82 Å². The molecule has 138 valence electrons. The summed E-state index contributed by atoms with van der Waals surface area (Å²) in [5, 5.41) is 7.36. The largest absolute Gasteiger partial charge is 0.365 e. The molecule has 0 bridgehead atoms. The highest BCUT2D eigenvalue weighted by atomic mass is 79.9. The average Bonchev–Trinajstić information content (AvgIpc) is 3.00. The fourth-order valence-electron chi connectivity index (χ4n) is 2.47. The molecule has 0 fully saturated rings. The Bertz CT molecular complexity index is 1070. The van der Waals surface area contributed by atoms with E-state index < -0.39 is 11.8 Å². The zero-order chi connectivity index (χ0) is 19.7. The number of nitrogens with zero attached hydrogens (tertiary/aromatic N) is 3. The van der Waals surface area contributed by atoms with Crippen molar-refractivity contribution in [3.63, 3.8) is 0 Å². The minimum atomic E-state index is -0.749. The number of pyridine rings is 1. The van der Waals surface area contributed by atoms with Crippen LogP contribution in [0.4, 0.5) is 5.69 Å². The van der Waals surface area contributed by atoms with Gasteiger partial charge in [-0.1, -0.05) is 29.3 Å². The van der Waals surface area contributed by atoms with Crippen molar-refractivity contribution in [3.05, 3.63) is 68.0 Å². The fraction of sp³-hybridized carbons (Fsp3) is 0.0588. The van der Waals surface area contributed by atoms with Gasteiger partial charge in [-0.2, -0.15) is 5.10 Å². The molecule has 0 saturated carbocycles. The molecule has 1 aromatic carbocycles. The van der Waals surface area contributed by atoms with E-state index in [-0.39, 0.29) is 27.8 Å². The van der Waals surface area contributed by atoms with Crippen LogP contribution < -0.4 is 11.1 Å². The van der Waals surface area contributed by atoms with Crippen molar-refractivity contribution in [3.8, 4) is 5.82 Å². The summed E-state index contributed by atoms with van der Waals surface area (Å²) in [4.78, 5) is 28.9. The number of rotatable bonds is 4. The van der Waals surface area contributed by atoms with Gasteiger partial charge in [0, 0.05) is 12.3 Å². The molecule has 0 aliphatic heterocycles. The first-order valence-electron chi connectivity index (χ1n) is 7.56. The first-order chi connectivity index (χ1) is 12.8. The molecular formula is C17H12BrCl2N5O2. The summed E-state index contributed by atoms with van der Waals surface area (Å²) in [5.41, 5.74) is 6.46. The highest BCUT2D eigenvalue weighted by molar-refractivity contribution is 9.10. The van der Waals surface area contributed by atoms with E-state index in [0.29, 0.717) is 15.2 Å². The highest BCUT2D eigenvalue weighted by Crippen LogP contribution is 2.29. The summed E-state index contributed by atoms with van der Waals surface area (Å²) in [5.74, 6) is -1.00. The molecule has 3 rings (SSSR count). The number of nitrogens with one attached hydrogen (secondary N) is 1. The summed E-state index contributed by atoms with van der Waals surface area (Å²) >= 11 is 15.5. The molecule has 0 radical (unpaired) electrons. The molecule has 3 N–H and O–H groups in total. The standard InChI is InChI=1S/C17H12BrCl2N5O2/c1-8-4-5-9(19)13(15(21)26)14(8)23-17(27)11-7-12(18)24-25(11)16-10(20)3-2-6-22-16/h2-7H,1H3,(H2,21,26)(H,23,27). The number of aryl methyl sites for hydroxylation is 1. The Kier molecular flexibility index (Phi) is 5.50. The number of carbonyl (C=O) groups is 2. The maximum atomic E-state index is 12.9. The smallest absolute Gasteiger partial charge is 0.274 e. The lowest BCUT2D eigenvalue weighted by Gasteiger charge is -2.14. The van der Waals surface area contributed by atoms with Gasteiger partial charge in [-0.3, -0.25) is 9.59 Å². The van der Waals surface area contributed by atoms with E-state index in [1.54, 1.807) is 31.2 Å². The number of benzene rings is 1. The molecule has 27 heavy (non-hydrogen) atoms. The van der Waals surface area contributed by atoms with Crippen LogP contribution in [0.3, 0.4) is 0 Å². The van der Waals surface area contributed by atoms with Crippen LogP contribution >= 0.6 is 39.1 Å². The summed E-state index contributed by atoms with van der Waals surface area (Å²) < 4.78 is 1.71. The van der Waals surface area contributed by atoms with E-state index in [9.17, 15) is 9.59 Å². The Morgan fingerprint density at radius 2 is 1.96 bits per heavy atom. The van der Waals surface area contributed by atoms with Crippen LogP contribution in [0.15, 0.2) is 41.1 Å². The van der Waals surface area contributed by atoms with Crippen LogP contribution in [0, 0.1) is 6.92 Å². The summed E-state index contributed by atoms with van der Waals surface area (Å²) in [6.45, 7) is 1.72. The maximum absolute atomic E-state index is 12.9. The lowest BCUT2D eigenvalue weighted by Crippen LogP contribution is -2.22. The number of carbonyl (C=O) groups excluding carboxylic acids is 2. The summed E-state index contributed by atoms with van der Waals surface area (Å²) in [7, 11) is 0. The molecule has 2 aromatic heterocycles. The van der Waals surface area contributed by atoms with Gasteiger partial charge in [-0.25, -0.2) is 9.67 Å². The van der Waals surface area contributed by atoms with Crippen LogP contribution in [-0.4, -0.2) is 26.6 Å². The van der Waals surface area contributed by atoms with Crippen molar-refractivity contribution < 1.29 is 9.59 Å². The number of nitrogens with two attached hydrogens (primary N) is 1. The Hall–Kier alpha value is -2.42. The van der Waals surface area contributed by atoms with E-state index in [0.717, 1.165) is 0 Å². The molecule has 0 saturated heterocycles. The number of primary amides is 1. The van der Waals surface area contributed by atoms with Crippen molar-refractivity contribution in [2.45, 2.75) is 6.92 Å². The fourth-order valence-corrected chi connectivity index (χ4v) is 3.30. The number of anilines is 1. The van der Waals surface area contributed by atoms with Crippen LogP contribution in [-0.2, 0) is 0 Å². The zero-order valence-electron chi connectivity index (χ0n) is 13.8. The third-order valence-corrected chi connectivity index (χ3v) is 4.70. The minimum Gasteiger partial charge on any atom is -0.365 e. The van der Waals surface area contributed by atoms with E-state index >= 15 is 0 Å². The second kappa shape index (κ2) is 7.67. The number of hydrogen-bond acceptors (Lipinski definition) is 4. The monoisotopic (exact) mass is 467 g/mol. The van der Waals surface area contributed by atoms with Crippen molar-refractivity contribution in [2.75, 3.05) is 5.32 Å². The molecule has 0 aliphatic carbocycles. The van der Waals surface area contributed by atoms with Gasteiger partial charge in [0.1, 0.15) is 10.3 Å². The second-order valence-electron chi connectivity index (χ2n) is 5.51. The number of hydrogen-bond donors (Lipinski definition) is 2. The van der Waals surface area contributed by atoms with Crippen molar-refractivity contribution in [1.29, 1.82) is 0 Å². The number of amides is 2. The SMILES string of the molecule is Cc1ccc(Cl)c(C(N)=O)c1NC(=O)c1cc(Br)nn1-c1ncccc1Cl. The Labute approximate surface area is 172 Å². The van der Waals surface area contributed by atoms with E-state index in [4.69, 9.17) is 28.9 Å². The Balaban J connectivity index is 2.07. The highest BCUT2D eigenvalue weighted by Gasteiger charge is 2.22. The predicted octanol–water partition coefficient (Wildman–Crippen LogP) is 4.00. The van der Waals surface area contributed by atoms with Gasteiger partial charge in [0.05, 0.1) is 21.3 Å². The number of halogens is 3. The summed E-state index contributed by atoms with van der Waals surface area (Å²) in [6.07, 6.45) is 1.53. The molecule has 7 nitrogen and oxygen atoms in total. The van der Waals surface area contributed by atoms with Crippen molar-refractivity contribution >= 4 is 56.6 Å². The molecule has 2 amide bonds. The molecular weight excluding hydrogens is 457 g/mol. The topological polar surface area (TPSA) is 103 Å². The van der Waals surface area contributed by atoms with Gasteiger partial charge in [0.15, 0.2) is 5.82 Å². The maximum Gasteiger partial charge on any atom is 0.274 e. The van der Waals surface area contributed by atoms with Crippen molar-refractivity contribution in [1.82, 2.24) is 14.8 Å². The molecule has 0 atom stereocenters. The van der Waals surface area contributed by atoms with E-state index in [1.165, 1.54) is 16.9 Å². The second-order valence-corrected chi connectivity index (χ2v) is 7.13. The van der Waals surface area contributed by atoms with Gasteiger partial charge in [-0.05, 0) is 46.6 Å². The van der Waals surface area contributed by atoms with Crippen LogP contribution in [0.2, 0.25) is 10.0 Å². The van der Waals surface area contributed by atoms with E-state index in [1.807, 2.05) is 0 Å². The van der Waals surface area contributed by atoms with Crippen molar-refractivity contribution in [2.24, 2.45) is 5.73 Å². The quantitative estimate of drug-likeness (QED) is 0.603. The molecule has 0 spiro atoms. The average molecular weight is 469 g/mol. The lowest BCUT2D eigenvalue weighted by atomic mass is 10.1. The molecule has 0 aliphatic rings. The van der Waals surface area contributed by atoms with Gasteiger partial charge < -0.3 is 11.1 Å². The normalized spacial score (nSPS) is 10.7. The molecule has 2 heterocycles. The van der Waals surface area contributed by atoms with E-state index in [2.05, 4.69) is 31.3 Å². The molecule has 10 heteroatoms. The Morgan fingerprint density at radius 3 is 2.63 bits per heavy atom. The first-order valence-corrected chi connectivity index (χ1v) is 9.11. The molecule has 3 aromatic rings. The zero-order valence-corrected chi connectivity index (χ0v) is 16.9. The minimum absolute atomic E-state index is 0.0333.